The zero-order valence-corrected chi connectivity index (χ0v) is 31.6. The SMILES string of the molecule is CN(C[C@@H](NC(=O)N[C@H](C(=O)N1C[C@H]2C([C@H]1C(=O)NC(CC1CCC1)C(=O)C(N)=O)C2(C)C)C(C)(C)C)C(C)(C)C)S(=O)(=O)c1ccccn1. The summed E-state index contributed by atoms with van der Waals surface area (Å²) in [7, 11) is -2.53. The number of pyridine rings is 1. The van der Waals surface area contributed by atoms with Crippen LogP contribution < -0.4 is 21.7 Å². The molecule has 0 radical (unpaired) electrons. The van der Waals surface area contributed by atoms with Gasteiger partial charge in [-0.2, -0.15) is 4.31 Å². The van der Waals surface area contributed by atoms with E-state index in [0.717, 1.165) is 23.6 Å². The smallest absolute Gasteiger partial charge is 0.315 e. The third-order valence-electron chi connectivity index (χ3n) is 10.9. The Morgan fingerprint density at radius 1 is 1.02 bits per heavy atom. The first-order valence-electron chi connectivity index (χ1n) is 17.4. The number of nitrogens with zero attached hydrogens (tertiary/aromatic N) is 3. The number of carbonyl (C=O) groups is 5. The molecule has 1 aromatic heterocycles. The number of amides is 5. The number of sulfonamides is 1. The van der Waals surface area contributed by atoms with Crippen LogP contribution in [-0.4, -0.2) is 96.4 Å². The van der Waals surface area contributed by atoms with E-state index in [4.69, 9.17) is 5.73 Å². The number of rotatable bonds is 13. The number of piperidine rings is 1. The quantitative estimate of drug-likeness (QED) is 0.222. The maximum absolute atomic E-state index is 14.4. The van der Waals surface area contributed by atoms with Gasteiger partial charge in [0.1, 0.15) is 12.1 Å². The lowest BCUT2D eigenvalue weighted by atomic mass is 9.80. The number of likely N-dealkylation sites (tertiary alicyclic amines) is 1. The molecule has 4 rings (SSSR count). The van der Waals surface area contributed by atoms with Crippen molar-refractivity contribution in [2.45, 2.75) is 110 Å². The number of nitrogens with one attached hydrogen (secondary N) is 3. The van der Waals surface area contributed by atoms with Gasteiger partial charge in [-0.25, -0.2) is 18.2 Å². The Labute approximate surface area is 296 Å². The fourth-order valence-electron chi connectivity index (χ4n) is 7.23. The van der Waals surface area contributed by atoms with Crippen molar-refractivity contribution in [1.29, 1.82) is 0 Å². The molecule has 5 amide bonds. The molecule has 2 unspecified atom stereocenters. The summed E-state index contributed by atoms with van der Waals surface area (Å²) in [6, 6.07) is 0.224. The Hall–Kier alpha value is -3.59. The molecule has 278 valence electrons. The van der Waals surface area contributed by atoms with Crippen molar-refractivity contribution in [2.75, 3.05) is 20.1 Å². The van der Waals surface area contributed by atoms with Gasteiger partial charge in [-0.15, -0.1) is 0 Å². The highest BCUT2D eigenvalue weighted by Crippen LogP contribution is 2.65. The van der Waals surface area contributed by atoms with Crippen LogP contribution in [0.2, 0.25) is 0 Å². The number of aromatic nitrogens is 1. The minimum atomic E-state index is -3.95. The molecule has 3 aliphatic rings. The summed E-state index contributed by atoms with van der Waals surface area (Å²) in [4.78, 5) is 72.1. The largest absolute Gasteiger partial charge is 0.363 e. The summed E-state index contributed by atoms with van der Waals surface area (Å²) in [6.45, 7) is 15.3. The minimum Gasteiger partial charge on any atom is -0.363 e. The molecule has 6 atom stereocenters. The third kappa shape index (κ3) is 8.30. The topological polar surface area (TPSA) is 201 Å². The Balaban J connectivity index is 1.52. The number of nitrogens with two attached hydrogens (primary N) is 1. The highest BCUT2D eigenvalue weighted by Gasteiger charge is 2.70. The van der Waals surface area contributed by atoms with E-state index in [9.17, 15) is 32.4 Å². The molecule has 5 N–H and O–H groups in total. The molecule has 15 heteroatoms. The van der Waals surface area contributed by atoms with Crippen LogP contribution in [0.15, 0.2) is 29.4 Å². The van der Waals surface area contributed by atoms with Crippen LogP contribution in [-0.2, 0) is 29.2 Å². The lowest BCUT2D eigenvalue weighted by molar-refractivity contribution is -0.145. The maximum Gasteiger partial charge on any atom is 0.315 e. The zero-order chi connectivity index (χ0) is 37.6. The molecule has 3 fully saturated rings. The summed E-state index contributed by atoms with van der Waals surface area (Å²) >= 11 is 0. The highest BCUT2D eigenvalue weighted by molar-refractivity contribution is 7.89. The second-order valence-corrected chi connectivity index (χ2v) is 19.0. The van der Waals surface area contributed by atoms with Crippen LogP contribution in [0.3, 0.4) is 0 Å². The van der Waals surface area contributed by atoms with Gasteiger partial charge in [0.2, 0.25) is 17.6 Å². The van der Waals surface area contributed by atoms with Crippen LogP contribution in [0, 0.1) is 34.0 Å². The van der Waals surface area contributed by atoms with Crippen molar-refractivity contribution < 1.29 is 32.4 Å². The van der Waals surface area contributed by atoms with E-state index >= 15 is 0 Å². The summed E-state index contributed by atoms with van der Waals surface area (Å²) in [6.07, 6.45) is 4.52. The van der Waals surface area contributed by atoms with Gasteiger partial charge in [-0.1, -0.05) is 80.7 Å². The van der Waals surface area contributed by atoms with Crippen molar-refractivity contribution in [2.24, 2.45) is 39.7 Å². The van der Waals surface area contributed by atoms with Gasteiger partial charge in [0.15, 0.2) is 5.03 Å². The molecule has 1 saturated heterocycles. The molecule has 0 spiro atoms. The predicted octanol–water partition coefficient (Wildman–Crippen LogP) is 2.04. The van der Waals surface area contributed by atoms with Crippen LogP contribution in [0.5, 0.6) is 0 Å². The number of hydrogen-bond donors (Lipinski definition) is 4. The van der Waals surface area contributed by atoms with Gasteiger partial charge in [0, 0.05) is 32.4 Å². The van der Waals surface area contributed by atoms with E-state index in [2.05, 4.69) is 20.9 Å². The second-order valence-electron chi connectivity index (χ2n) is 17.0. The van der Waals surface area contributed by atoms with E-state index in [1.165, 1.54) is 24.2 Å². The lowest BCUT2D eigenvalue weighted by Gasteiger charge is -2.39. The van der Waals surface area contributed by atoms with Crippen LogP contribution >= 0.6 is 0 Å². The van der Waals surface area contributed by atoms with Crippen LogP contribution in [0.25, 0.3) is 0 Å². The molecular formula is C35H55N7O7S. The number of primary amides is 1. The fourth-order valence-corrected chi connectivity index (χ4v) is 8.34. The van der Waals surface area contributed by atoms with E-state index in [-0.39, 0.29) is 34.7 Å². The Morgan fingerprint density at radius 3 is 2.16 bits per heavy atom. The van der Waals surface area contributed by atoms with E-state index < -0.39 is 74.6 Å². The van der Waals surface area contributed by atoms with Crippen molar-refractivity contribution >= 4 is 39.6 Å². The van der Waals surface area contributed by atoms with Crippen molar-refractivity contribution in [1.82, 2.24) is 30.1 Å². The average molecular weight is 718 g/mol. The summed E-state index contributed by atoms with van der Waals surface area (Å²) in [5.74, 6) is -2.87. The number of Topliss-reactive ketones (excluding diaryl/α,β-unsaturated/α-hetero) is 1. The first-order chi connectivity index (χ1) is 23.0. The molecule has 2 heterocycles. The molecule has 1 aliphatic heterocycles. The van der Waals surface area contributed by atoms with Gasteiger partial charge in [-0.05, 0) is 52.6 Å². The van der Waals surface area contributed by atoms with Gasteiger partial charge in [0.25, 0.3) is 15.9 Å². The van der Waals surface area contributed by atoms with E-state index in [0.29, 0.717) is 13.0 Å². The Morgan fingerprint density at radius 2 is 1.66 bits per heavy atom. The van der Waals surface area contributed by atoms with E-state index in [1.807, 2.05) is 34.6 Å². The Kier molecular flexibility index (Phi) is 11.1. The molecule has 0 bridgehead atoms. The molecular weight excluding hydrogens is 662 g/mol. The number of hydrogen-bond acceptors (Lipinski definition) is 8. The number of urea groups is 1. The molecule has 0 aromatic carbocycles. The highest BCUT2D eigenvalue weighted by atomic mass is 32.2. The van der Waals surface area contributed by atoms with Gasteiger partial charge in [0.05, 0.1) is 6.04 Å². The zero-order valence-electron chi connectivity index (χ0n) is 30.8. The first kappa shape index (κ1) is 39.2. The Bertz CT molecular complexity index is 1580. The molecule has 50 heavy (non-hydrogen) atoms. The second kappa shape index (κ2) is 14.2. The predicted molar refractivity (Wildman–Crippen MR) is 187 cm³/mol. The lowest BCUT2D eigenvalue weighted by Crippen LogP contribution is -2.62. The average Bonchev–Trinajstić information content (AvgIpc) is 3.30. The van der Waals surface area contributed by atoms with Crippen LogP contribution in [0.4, 0.5) is 4.79 Å². The van der Waals surface area contributed by atoms with Crippen molar-refractivity contribution in [3.05, 3.63) is 24.4 Å². The molecule has 1 aromatic rings. The molecule has 2 aliphatic carbocycles. The number of ketones is 1. The van der Waals surface area contributed by atoms with Crippen LogP contribution in [0.1, 0.15) is 81.1 Å². The summed E-state index contributed by atoms with van der Waals surface area (Å²) < 4.78 is 27.6. The molecule has 2 saturated carbocycles. The maximum atomic E-state index is 14.4. The number of fused-ring (bicyclic) bond motifs is 1. The van der Waals surface area contributed by atoms with Gasteiger partial charge in [-0.3, -0.25) is 19.2 Å². The normalized spacial score (nSPS) is 23.6. The standard InChI is InChI=1S/C35H55N7O7S/c1-33(2,3)23(19-41(9)50(48,49)24-15-10-11-16-37-24)39-32(47)40-28(34(4,5)6)31(46)42-18-21-25(35(21,7)8)26(42)30(45)38-22(27(43)29(36)44)17-20-13-12-14-20/h10-11,15-16,20-23,25-26,28H,12-14,17-19H2,1-9H3,(H2,36,44)(H,38,45)(H2,39,40,47)/t21-,22?,23+,25?,26-,28+/m0/s1. The number of carbonyl (C=O) groups excluding carboxylic acids is 5. The fraction of sp³-hybridized carbons (Fsp3) is 0.714. The third-order valence-corrected chi connectivity index (χ3v) is 12.7. The van der Waals surface area contributed by atoms with Crippen molar-refractivity contribution in [3.63, 3.8) is 0 Å². The van der Waals surface area contributed by atoms with Crippen molar-refractivity contribution in [3.8, 4) is 0 Å². The minimum absolute atomic E-state index is 0.0374. The summed E-state index contributed by atoms with van der Waals surface area (Å²) in [5, 5.41) is 8.40. The first-order valence-corrected chi connectivity index (χ1v) is 18.8. The monoisotopic (exact) mass is 717 g/mol. The number of likely N-dealkylation sites (N-methyl/N-ethyl adjacent to an activating group) is 1. The van der Waals surface area contributed by atoms with Gasteiger partial charge >= 0.3 is 6.03 Å². The van der Waals surface area contributed by atoms with E-state index in [1.54, 1.807) is 32.9 Å². The van der Waals surface area contributed by atoms with Gasteiger partial charge < -0.3 is 26.6 Å². The molecule has 14 nitrogen and oxygen atoms in total. The summed E-state index contributed by atoms with van der Waals surface area (Å²) in [5.41, 5.74) is 3.74.